The van der Waals surface area contributed by atoms with Crippen LogP contribution in [0.5, 0.6) is 0 Å². The lowest BCUT2D eigenvalue weighted by molar-refractivity contribution is -0.122. The van der Waals surface area contributed by atoms with Gasteiger partial charge in [-0.15, -0.1) is 0 Å². The van der Waals surface area contributed by atoms with E-state index in [1.54, 1.807) is 13.8 Å². The molecule has 0 saturated heterocycles. The fraction of sp³-hybridized carbons (Fsp3) is 0.333. The molecule has 0 saturated carbocycles. The first-order chi connectivity index (χ1) is 8.04. The number of halogens is 1. The van der Waals surface area contributed by atoms with E-state index in [9.17, 15) is 14.0 Å². The molecule has 0 fully saturated rings. The first kappa shape index (κ1) is 13.2. The van der Waals surface area contributed by atoms with Crippen molar-refractivity contribution in [2.45, 2.75) is 19.9 Å². The molecule has 0 aliphatic rings. The zero-order valence-corrected chi connectivity index (χ0v) is 9.79. The molecule has 5 heteroatoms. The van der Waals surface area contributed by atoms with E-state index in [1.165, 1.54) is 18.2 Å². The number of carbonyl (C=O) groups excluding carboxylic acids is 2. The fourth-order valence-electron chi connectivity index (χ4n) is 1.30. The molecule has 0 bridgehead atoms. The summed E-state index contributed by atoms with van der Waals surface area (Å²) < 4.78 is 12.9. The summed E-state index contributed by atoms with van der Waals surface area (Å²) in [6.45, 7) is 3.86. The molecule has 0 heterocycles. The average Bonchev–Trinajstić information content (AvgIpc) is 2.29. The Balaban J connectivity index is 2.63. The van der Waals surface area contributed by atoms with E-state index in [0.29, 0.717) is 6.54 Å². The minimum Gasteiger partial charge on any atom is -0.355 e. The van der Waals surface area contributed by atoms with Crippen molar-refractivity contribution in [2.24, 2.45) is 0 Å². The van der Waals surface area contributed by atoms with Crippen LogP contribution < -0.4 is 10.6 Å². The van der Waals surface area contributed by atoms with Crippen LogP contribution in [0.2, 0.25) is 0 Å². The van der Waals surface area contributed by atoms with Crippen LogP contribution in [-0.4, -0.2) is 24.4 Å². The van der Waals surface area contributed by atoms with E-state index in [2.05, 4.69) is 10.6 Å². The second kappa shape index (κ2) is 5.98. The number of hydrogen-bond donors (Lipinski definition) is 2. The Hall–Kier alpha value is -1.91. The molecule has 0 spiro atoms. The molecule has 1 atom stereocenters. The Morgan fingerprint density at radius 2 is 2.12 bits per heavy atom. The summed E-state index contributed by atoms with van der Waals surface area (Å²) in [6, 6.07) is 4.67. The van der Waals surface area contributed by atoms with Gasteiger partial charge in [-0.25, -0.2) is 4.39 Å². The molecule has 0 radical (unpaired) electrons. The van der Waals surface area contributed by atoms with Crippen LogP contribution in [0.15, 0.2) is 24.3 Å². The van der Waals surface area contributed by atoms with E-state index >= 15 is 0 Å². The lowest BCUT2D eigenvalue weighted by Gasteiger charge is -2.13. The maximum atomic E-state index is 12.9. The molecular formula is C12H15FN2O2. The van der Waals surface area contributed by atoms with Crippen LogP contribution in [-0.2, 0) is 4.79 Å². The Morgan fingerprint density at radius 1 is 1.41 bits per heavy atom. The molecule has 1 rings (SSSR count). The molecule has 1 aromatic rings. The molecule has 0 aliphatic heterocycles. The number of amides is 2. The van der Waals surface area contributed by atoms with Crippen LogP contribution >= 0.6 is 0 Å². The predicted octanol–water partition coefficient (Wildman–Crippen LogP) is 1.08. The zero-order chi connectivity index (χ0) is 12.8. The van der Waals surface area contributed by atoms with Crippen molar-refractivity contribution in [3.05, 3.63) is 35.6 Å². The van der Waals surface area contributed by atoms with Crippen molar-refractivity contribution in [2.75, 3.05) is 6.54 Å². The number of nitrogens with one attached hydrogen (secondary N) is 2. The SMILES string of the molecule is CCNC(=O)[C@H](C)NC(=O)c1cccc(F)c1. The van der Waals surface area contributed by atoms with Gasteiger partial charge in [0.2, 0.25) is 5.91 Å². The number of benzene rings is 1. The smallest absolute Gasteiger partial charge is 0.252 e. The molecule has 2 N–H and O–H groups in total. The van der Waals surface area contributed by atoms with E-state index in [0.717, 1.165) is 6.07 Å². The van der Waals surface area contributed by atoms with E-state index in [1.807, 2.05) is 0 Å². The molecule has 0 aromatic heterocycles. The highest BCUT2D eigenvalue weighted by Crippen LogP contribution is 2.03. The van der Waals surface area contributed by atoms with Crippen molar-refractivity contribution >= 4 is 11.8 Å². The first-order valence-electron chi connectivity index (χ1n) is 5.38. The zero-order valence-electron chi connectivity index (χ0n) is 9.79. The minimum absolute atomic E-state index is 0.196. The maximum Gasteiger partial charge on any atom is 0.252 e. The van der Waals surface area contributed by atoms with Gasteiger partial charge in [-0.2, -0.15) is 0 Å². The van der Waals surface area contributed by atoms with Crippen LogP contribution in [0, 0.1) is 5.82 Å². The van der Waals surface area contributed by atoms with Gasteiger partial charge in [0, 0.05) is 12.1 Å². The molecule has 2 amide bonds. The predicted molar refractivity (Wildman–Crippen MR) is 62.0 cm³/mol. The quantitative estimate of drug-likeness (QED) is 0.824. The van der Waals surface area contributed by atoms with Crippen molar-refractivity contribution in [1.82, 2.24) is 10.6 Å². The van der Waals surface area contributed by atoms with Gasteiger partial charge < -0.3 is 10.6 Å². The van der Waals surface area contributed by atoms with Gasteiger partial charge in [-0.1, -0.05) is 6.07 Å². The molecule has 1 aromatic carbocycles. The molecular weight excluding hydrogens is 223 g/mol. The highest BCUT2D eigenvalue weighted by atomic mass is 19.1. The maximum absolute atomic E-state index is 12.9. The van der Waals surface area contributed by atoms with E-state index in [-0.39, 0.29) is 11.5 Å². The summed E-state index contributed by atoms with van der Waals surface area (Å²) in [6.07, 6.45) is 0. The number of hydrogen-bond acceptors (Lipinski definition) is 2. The number of rotatable bonds is 4. The van der Waals surface area contributed by atoms with Crippen molar-refractivity contribution in [3.8, 4) is 0 Å². The van der Waals surface area contributed by atoms with Crippen molar-refractivity contribution in [3.63, 3.8) is 0 Å². The highest BCUT2D eigenvalue weighted by Gasteiger charge is 2.15. The summed E-state index contributed by atoms with van der Waals surface area (Å²) in [5.41, 5.74) is 0.196. The molecule has 92 valence electrons. The summed E-state index contributed by atoms with van der Waals surface area (Å²) in [5.74, 6) is -1.22. The molecule has 0 aliphatic carbocycles. The fourth-order valence-corrected chi connectivity index (χ4v) is 1.30. The minimum atomic E-state index is -0.647. The van der Waals surface area contributed by atoms with Gasteiger partial charge in [0.25, 0.3) is 5.91 Å². The van der Waals surface area contributed by atoms with Crippen molar-refractivity contribution < 1.29 is 14.0 Å². The van der Waals surface area contributed by atoms with Gasteiger partial charge in [0.05, 0.1) is 0 Å². The van der Waals surface area contributed by atoms with Gasteiger partial charge in [-0.3, -0.25) is 9.59 Å². The Kier molecular flexibility index (Phi) is 4.63. The van der Waals surface area contributed by atoms with Crippen LogP contribution in [0.3, 0.4) is 0 Å². The summed E-state index contributed by atoms with van der Waals surface area (Å²) >= 11 is 0. The Bertz CT molecular complexity index is 421. The molecule has 4 nitrogen and oxygen atoms in total. The van der Waals surface area contributed by atoms with Gasteiger partial charge in [0.1, 0.15) is 11.9 Å². The Morgan fingerprint density at radius 3 is 2.71 bits per heavy atom. The third-order valence-corrected chi connectivity index (χ3v) is 2.18. The van der Waals surface area contributed by atoms with Crippen LogP contribution in [0.4, 0.5) is 4.39 Å². The van der Waals surface area contributed by atoms with E-state index in [4.69, 9.17) is 0 Å². The molecule has 17 heavy (non-hydrogen) atoms. The molecule has 0 unspecified atom stereocenters. The van der Waals surface area contributed by atoms with Crippen molar-refractivity contribution in [1.29, 1.82) is 0 Å². The summed E-state index contributed by atoms with van der Waals surface area (Å²) in [4.78, 5) is 23.0. The number of likely N-dealkylation sites (N-methyl/N-ethyl adjacent to an activating group) is 1. The number of carbonyl (C=O) groups is 2. The third kappa shape index (κ3) is 3.86. The van der Waals surface area contributed by atoms with Crippen LogP contribution in [0.25, 0.3) is 0 Å². The normalized spacial score (nSPS) is 11.7. The first-order valence-corrected chi connectivity index (χ1v) is 5.38. The average molecular weight is 238 g/mol. The highest BCUT2D eigenvalue weighted by molar-refractivity contribution is 5.97. The third-order valence-electron chi connectivity index (χ3n) is 2.18. The second-order valence-corrected chi connectivity index (χ2v) is 3.60. The second-order valence-electron chi connectivity index (χ2n) is 3.60. The largest absolute Gasteiger partial charge is 0.355 e. The monoisotopic (exact) mass is 238 g/mol. The lowest BCUT2D eigenvalue weighted by atomic mass is 10.2. The summed E-state index contributed by atoms with van der Waals surface area (Å²) in [5, 5.41) is 5.08. The lowest BCUT2D eigenvalue weighted by Crippen LogP contribution is -2.44. The van der Waals surface area contributed by atoms with Crippen LogP contribution in [0.1, 0.15) is 24.2 Å². The Labute approximate surface area is 99.2 Å². The van der Waals surface area contributed by atoms with Gasteiger partial charge >= 0.3 is 0 Å². The summed E-state index contributed by atoms with van der Waals surface area (Å²) in [7, 11) is 0. The topological polar surface area (TPSA) is 58.2 Å². The van der Waals surface area contributed by atoms with Gasteiger partial charge in [0.15, 0.2) is 0 Å². The standard InChI is InChI=1S/C12H15FN2O2/c1-3-14-11(16)8(2)15-12(17)9-5-4-6-10(13)7-9/h4-8H,3H2,1-2H3,(H,14,16)(H,15,17)/t8-/m0/s1. The van der Waals surface area contributed by atoms with E-state index < -0.39 is 17.8 Å². The van der Waals surface area contributed by atoms with Gasteiger partial charge in [-0.05, 0) is 32.0 Å².